The van der Waals surface area contributed by atoms with E-state index in [0.717, 1.165) is 0 Å². The second-order valence-electron chi connectivity index (χ2n) is 3.96. The van der Waals surface area contributed by atoms with Crippen molar-refractivity contribution in [1.82, 2.24) is 15.6 Å². The first-order valence-electron chi connectivity index (χ1n) is 5.57. The van der Waals surface area contributed by atoms with Gasteiger partial charge in [0.1, 0.15) is 11.5 Å². The van der Waals surface area contributed by atoms with Crippen molar-refractivity contribution in [2.75, 3.05) is 0 Å². The van der Waals surface area contributed by atoms with E-state index in [4.69, 9.17) is 5.11 Å². The van der Waals surface area contributed by atoms with Crippen molar-refractivity contribution >= 4 is 5.91 Å². The van der Waals surface area contributed by atoms with Gasteiger partial charge in [0, 0.05) is 12.1 Å². The maximum Gasteiger partial charge on any atom is 0.275 e. The number of aryl methyl sites for hydroxylation is 1. The molecular formula is C12H12FN3O3. The second-order valence-corrected chi connectivity index (χ2v) is 3.96. The number of hydrogen-bond acceptors (Lipinski definition) is 5. The number of nitrogens with one attached hydrogen (secondary N) is 1. The molecule has 0 atom stereocenters. The van der Waals surface area contributed by atoms with E-state index in [-0.39, 0.29) is 24.4 Å². The van der Waals surface area contributed by atoms with Crippen molar-refractivity contribution in [2.45, 2.75) is 20.1 Å². The summed E-state index contributed by atoms with van der Waals surface area (Å²) in [6.07, 6.45) is 0. The molecule has 0 bridgehead atoms. The number of aromatic nitrogens is 2. The van der Waals surface area contributed by atoms with Crippen molar-refractivity contribution in [1.29, 1.82) is 0 Å². The van der Waals surface area contributed by atoms with Crippen LogP contribution in [0.25, 0.3) is 0 Å². The smallest absolute Gasteiger partial charge is 0.275 e. The Hall–Kier alpha value is -2.28. The molecule has 0 aliphatic rings. The van der Waals surface area contributed by atoms with Crippen LogP contribution in [0.4, 0.5) is 4.39 Å². The zero-order valence-corrected chi connectivity index (χ0v) is 10.2. The average molecular weight is 265 g/mol. The molecule has 0 spiro atoms. The number of amides is 1. The van der Waals surface area contributed by atoms with E-state index in [1.54, 1.807) is 6.92 Å². The third-order valence-corrected chi connectivity index (χ3v) is 2.60. The molecular weight excluding hydrogens is 253 g/mol. The van der Waals surface area contributed by atoms with Crippen LogP contribution in [-0.2, 0) is 13.2 Å². The van der Waals surface area contributed by atoms with Gasteiger partial charge in [-0.25, -0.2) is 9.02 Å². The monoisotopic (exact) mass is 265 g/mol. The molecule has 6 nitrogen and oxygen atoms in total. The minimum atomic E-state index is -0.478. The van der Waals surface area contributed by atoms with Crippen LogP contribution in [0.5, 0.6) is 0 Å². The number of aliphatic hydroxyl groups is 1. The van der Waals surface area contributed by atoms with Gasteiger partial charge in [0.25, 0.3) is 5.91 Å². The van der Waals surface area contributed by atoms with Crippen molar-refractivity contribution in [3.63, 3.8) is 0 Å². The molecule has 7 heteroatoms. The van der Waals surface area contributed by atoms with E-state index in [1.165, 1.54) is 18.2 Å². The molecule has 0 radical (unpaired) electrons. The SMILES string of the molecule is Cc1nonc1C(=O)NCc1ccc(F)c(CO)c1. The Morgan fingerprint density at radius 3 is 2.89 bits per heavy atom. The number of benzene rings is 1. The lowest BCUT2D eigenvalue weighted by molar-refractivity contribution is 0.0940. The molecule has 0 unspecified atom stereocenters. The summed E-state index contributed by atoms with van der Waals surface area (Å²) in [4.78, 5) is 11.7. The summed E-state index contributed by atoms with van der Waals surface area (Å²) >= 11 is 0. The molecule has 0 saturated heterocycles. The summed E-state index contributed by atoms with van der Waals surface area (Å²) in [6.45, 7) is 1.41. The molecule has 1 amide bonds. The molecule has 19 heavy (non-hydrogen) atoms. The number of nitrogens with zero attached hydrogens (tertiary/aromatic N) is 2. The van der Waals surface area contributed by atoms with Gasteiger partial charge in [-0.3, -0.25) is 4.79 Å². The third kappa shape index (κ3) is 2.94. The molecule has 0 aliphatic carbocycles. The molecule has 1 heterocycles. The fourth-order valence-electron chi connectivity index (χ4n) is 1.56. The van der Waals surface area contributed by atoms with Gasteiger partial charge < -0.3 is 10.4 Å². The first-order chi connectivity index (χ1) is 9.11. The lowest BCUT2D eigenvalue weighted by Crippen LogP contribution is -2.24. The molecule has 0 aliphatic heterocycles. The Morgan fingerprint density at radius 2 is 2.26 bits per heavy atom. The molecule has 2 N–H and O–H groups in total. The first-order valence-corrected chi connectivity index (χ1v) is 5.57. The minimum Gasteiger partial charge on any atom is -0.392 e. The van der Waals surface area contributed by atoms with Crippen LogP contribution in [0.2, 0.25) is 0 Å². The molecule has 1 aromatic heterocycles. The molecule has 100 valence electrons. The van der Waals surface area contributed by atoms with Crippen molar-refractivity contribution in [2.24, 2.45) is 0 Å². The van der Waals surface area contributed by atoms with Crippen LogP contribution < -0.4 is 5.32 Å². The zero-order valence-electron chi connectivity index (χ0n) is 10.2. The highest BCUT2D eigenvalue weighted by Gasteiger charge is 2.14. The highest BCUT2D eigenvalue weighted by atomic mass is 19.1. The van der Waals surface area contributed by atoms with Crippen molar-refractivity contribution in [3.8, 4) is 0 Å². The number of halogens is 1. The van der Waals surface area contributed by atoms with Gasteiger partial charge in [-0.2, -0.15) is 0 Å². The summed E-state index contributed by atoms with van der Waals surface area (Å²) in [5.41, 5.74) is 1.37. The Bertz CT molecular complexity index is 598. The lowest BCUT2D eigenvalue weighted by atomic mass is 10.1. The standard InChI is InChI=1S/C12H12FN3O3/c1-7-11(16-19-15-7)12(18)14-5-8-2-3-10(13)9(4-8)6-17/h2-4,17H,5-6H2,1H3,(H,14,18). The fourth-order valence-corrected chi connectivity index (χ4v) is 1.56. The number of carbonyl (C=O) groups excluding carboxylic acids is 1. The highest BCUT2D eigenvalue weighted by molar-refractivity contribution is 5.92. The quantitative estimate of drug-likeness (QED) is 0.858. The fraction of sp³-hybridized carbons (Fsp3) is 0.250. The number of aliphatic hydroxyl groups excluding tert-OH is 1. The number of rotatable bonds is 4. The summed E-state index contributed by atoms with van der Waals surface area (Å²) in [5, 5.41) is 18.5. The molecule has 2 rings (SSSR count). The topological polar surface area (TPSA) is 88.2 Å². The molecule has 1 aromatic carbocycles. The number of carbonyl (C=O) groups is 1. The molecule has 2 aromatic rings. The van der Waals surface area contributed by atoms with E-state index in [9.17, 15) is 9.18 Å². The van der Waals surface area contributed by atoms with Gasteiger partial charge in [-0.05, 0) is 29.8 Å². The van der Waals surface area contributed by atoms with Crippen LogP contribution in [0.1, 0.15) is 27.3 Å². The van der Waals surface area contributed by atoms with Gasteiger partial charge in [0.2, 0.25) is 0 Å². The van der Waals surface area contributed by atoms with E-state index < -0.39 is 11.7 Å². The van der Waals surface area contributed by atoms with E-state index in [0.29, 0.717) is 11.3 Å². The normalized spacial score (nSPS) is 10.5. The summed E-state index contributed by atoms with van der Waals surface area (Å²) in [5.74, 6) is -0.900. The van der Waals surface area contributed by atoms with Gasteiger partial charge in [0.15, 0.2) is 5.69 Å². The van der Waals surface area contributed by atoms with Gasteiger partial charge in [0.05, 0.1) is 6.61 Å². The Labute approximate surface area is 108 Å². The van der Waals surface area contributed by atoms with E-state index in [1.807, 2.05) is 0 Å². The van der Waals surface area contributed by atoms with Crippen LogP contribution >= 0.6 is 0 Å². The van der Waals surface area contributed by atoms with Crippen molar-refractivity contribution in [3.05, 3.63) is 46.5 Å². The van der Waals surface area contributed by atoms with Gasteiger partial charge in [-0.1, -0.05) is 11.2 Å². The predicted octanol–water partition coefficient (Wildman–Crippen LogP) is 0.939. The maximum absolute atomic E-state index is 13.2. The van der Waals surface area contributed by atoms with E-state index in [2.05, 4.69) is 20.3 Å². The second kappa shape index (κ2) is 5.57. The van der Waals surface area contributed by atoms with Gasteiger partial charge in [-0.15, -0.1) is 0 Å². The van der Waals surface area contributed by atoms with Crippen LogP contribution in [0, 0.1) is 12.7 Å². The highest BCUT2D eigenvalue weighted by Crippen LogP contribution is 2.10. The third-order valence-electron chi connectivity index (χ3n) is 2.60. The summed E-state index contributed by atoms with van der Waals surface area (Å²) < 4.78 is 17.6. The maximum atomic E-state index is 13.2. The van der Waals surface area contributed by atoms with Crippen molar-refractivity contribution < 1.29 is 18.9 Å². The largest absolute Gasteiger partial charge is 0.392 e. The first kappa shape index (κ1) is 13.2. The lowest BCUT2D eigenvalue weighted by Gasteiger charge is -2.06. The summed E-state index contributed by atoms with van der Waals surface area (Å²) in [7, 11) is 0. The van der Waals surface area contributed by atoms with Gasteiger partial charge >= 0.3 is 0 Å². The summed E-state index contributed by atoms with van der Waals surface area (Å²) in [6, 6.07) is 4.27. The Kier molecular flexibility index (Phi) is 3.86. The zero-order chi connectivity index (χ0) is 13.8. The average Bonchev–Trinajstić information content (AvgIpc) is 2.83. The predicted molar refractivity (Wildman–Crippen MR) is 62.5 cm³/mol. The Balaban J connectivity index is 2.03. The van der Waals surface area contributed by atoms with Crippen LogP contribution in [0.3, 0.4) is 0 Å². The van der Waals surface area contributed by atoms with Crippen LogP contribution in [-0.4, -0.2) is 21.3 Å². The molecule has 0 saturated carbocycles. The van der Waals surface area contributed by atoms with E-state index >= 15 is 0 Å². The van der Waals surface area contributed by atoms with Crippen LogP contribution in [0.15, 0.2) is 22.8 Å². The Morgan fingerprint density at radius 1 is 1.47 bits per heavy atom. The number of hydrogen-bond donors (Lipinski definition) is 2. The molecule has 0 fully saturated rings. The minimum absolute atomic E-state index is 0.115.